The SMILES string of the molecule is C/C=C(\C(O)=C/C)c1nc(N2CCNCC2)c2ccc(C)cc2n1.CC. The second kappa shape index (κ2) is 9.34. The monoisotopic (exact) mass is 354 g/mol. The van der Waals surface area contributed by atoms with E-state index in [1.54, 1.807) is 13.0 Å². The number of piperazine rings is 1. The Balaban J connectivity index is 0.00000117. The van der Waals surface area contributed by atoms with Crippen LogP contribution in [0.5, 0.6) is 0 Å². The van der Waals surface area contributed by atoms with Crippen molar-refractivity contribution in [1.29, 1.82) is 0 Å². The highest BCUT2D eigenvalue weighted by Gasteiger charge is 2.19. The fraction of sp³-hybridized carbons (Fsp3) is 0.429. The summed E-state index contributed by atoms with van der Waals surface area (Å²) in [4.78, 5) is 11.8. The number of nitrogens with zero attached hydrogens (tertiary/aromatic N) is 3. The summed E-state index contributed by atoms with van der Waals surface area (Å²) < 4.78 is 0. The van der Waals surface area contributed by atoms with Gasteiger partial charge >= 0.3 is 0 Å². The van der Waals surface area contributed by atoms with E-state index in [2.05, 4.69) is 35.3 Å². The predicted molar refractivity (Wildman–Crippen MR) is 111 cm³/mol. The van der Waals surface area contributed by atoms with Crippen molar-refractivity contribution in [2.45, 2.75) is 34.6 Å². The lowest BCUT2D eigenvalue weighted by atomic mass is 10.1. The van der Waals surface area contributed by atoms with Gasteiger partial charge in [-0.15, -0.1) is 0 Å². The van der Waals surface area contributed by atoms with Crippen LogP contribution in [0.1, 0.15) is 39.1 Å². The van der Waals surface area contributed by atoms with Crippen LogP contribution >= 0.6 is 0 Å². The van der Waals surface area contributed by atoms with Crippen LogP contribution < -0.4 is 10.2 Å². The standard InChI is InChI=1S/C19H24N4O.C2H6/c1-4-14(17(24)5-2)18-21-16-12-13(3)6-7-15(16)19(22-18)23-10-8-20-9-11-23;1-2/h4-7,12,20,24H,8-11H2,1-3H3;1-2H3/b14-4+,17-5+;. The molecule has 0 spiro atoms. The van der Waals surface area contributed by atoms with Gasteiger partial charge in [-0.3, -0.25) is 0 Å². The zero-order valence-corrected chi connectivity index (χ0v) is 16.5. The number of benzene rings is 1. The number of hydrogen-bond acceptors (Lipinski definition) is 5. The topological polar surface area (TPSA) is 61.3 Å². The lowest BCUT2D eigenvalue weighted by Crippen LogP contribution is -2.44. The van der Waals surface area contributed by atoms with Crippen LogP contribution in [0, 0.1) is 6.92 Å². The van der Waals surface area contributed by atoms with Crippen molar-refractivity contribution >= 4 is 22.3 Å². The van der Waals surface area contributed by atoms with Crippen LogP contribution in [0.25, 0.3) is 16.5 Å². The van der Waals surface area contributed by atoms with Gasteiger partial charge in [-0.2, -0.15) is 0 Å². The molecule has 3 rings (SSSR count). The molecule has 1 aliphatic rings. The molecule has 0 amide bonds. The minimum absolute atomic E-state index is 0.204. The molecule has 26 heavy (non-hydrogen) atoms. The Bertz CT molecular complexity index is 805. The number of nitrogens with one attached hydrogen (secondary N) is 1. The van der Waals surface area contributed by atoms with Crippen molar-refractivity contribution in [3.8, 4) is 0 Å². The molecule has 1 saturated heterocycles. The van der Waals surface area contributed by atoms with Gasteiger partial charge in [-0.1, -0.05) is 26.0 Å². The first-order chi connectivity index (χ1) is 12.6. The van der Waals surface area contributed by atoms with E-state index in [4.69, 9.17) is 9.97 Å². The van der Waals surface area contributed by atoms with Crippen LogP contribution in [-0.2, 0) is 0 Å². The summed E-state index contributed by atoms with van der Waals surface area (Å²) >= 11 is 0. The molecule has 1 aromatic heterocycles. The van der Waals surface area contributed by atoms with Crippen molar-refractivity contribution in [1.82, 2.24) is 15.3 Å². The van der Waals surface area contributed by atoms with E-state index in [0.717, 1.165) is 48.5 Å². The highest BCUT2D eigenvalue weighted by atomic mass is 16.3. The highest BCUT2D eigenvalue weighted by Crippen LogP contribution is 2.28. The average molecular weight is 354 g/mol. The minimum atomic E-state index is 0.204. The molecule has 0 saturated carbocycles. The van der Waals surface area contributed by atoms with E-state index in [-0.39, 0.29) is 5.76 Å². The van der Waals surface area contributed by atoms with Crippen LogP contribution in [0.15, 0.2) is 36.1 Å². The van der Waals surface area contributed by atoms with Crippen molar-refractivity contribution in [3.05, 3.63) is 47.5 Å². The molecule has 5 heteroatoms. The Morgan fingerprint density at radius 3 is 2.42 bits per heavy atom. The molecule has 0 unspecified atom stereocenters. The van der Waals surface area contributed by atoms with E-state index in [1.165, 1.54) is 0 Å². The van der Waals surface area contributed by atoms with Gasteiger partial charge in [0.2, 0.25) is 0 Å². The molecule has 1 fully saturated rings. The molecule has 2 N–H and O–H groups in total. The molecule has 2 aromatic rings. The summed E-state index contributed by atoms with van der Waals surface area (Å²) in [6.07, 6.45) is 3.53. The lowest BCUT2D eigenvalue weighted by Gasteiger charge is -2.29. The van der Waals surface area contributed by atoms with Crippen molar-refractivity contribution in [2.24, 2.45) is 0 Å². The summed E-state index contributed by atoms with van der Waals surface area (Å²) in [6.45, 7) is 13.5. The van der Waals surface area contributed by atoms with Crippen LogP contribution in [0.2, 0.25) is 0 Å². The molecule has 0 bridgehead atoms. The number of aliphatic hydroxyl groups excluding tert-OH is 1. The number of rotatable bonds is 3. The molecule has 1 aliphatic heterocycles. The molecular formula is C21H30N4O. The maximum absolute atomic E-state index is 10.2. The zero-order chi connectivity index (χ0) is 19.1. The van der Waals surface area contributed by atoms with Gasteiger partial charge in [0.05, 0.1) is 11.1 Å². The van der Waals surface area contributed by atoms with E-state index >= 15 is 0 Å². The number of aryl methyl sites for hydroxylation is 1. The van der Waals surface area contributed by atoms with E-state index in [0.29, 0.717) is 11.4 Å². The fourth-order valence-electron chi connectivity index (χ4n) is 3.01. The van der Waals surface area contributed by atoms with Crippen LogP contribution in [-0.4, -0.2) is 41.3 Å². The number of aromatic nitrogens is 2. The summed E-state index contributed by atoms with van der Waals surface area (Å²) in [5.41, 5.74) is 2.74. The number of fused-ring (bicyclic) bond motifs is 1. The maximum atomic E-state index is 10.2. The first kappa shape index (κ1) is 19.9. The first-order valence-electron chi connectivity index (χ1n) is 9.40. The van der Waals surface area contributed by atoms with Crippen molar-refractivity contribution in [3.63, 3.8) is 0 Å². The third-order valence-electron chi connectivity index (χ3n) is 4.33. The van der Waals surface area contributed by atoms with Gasteiger partial charge in [0.25, 0.3) is 0 Å². The van der Waals surface area contributed by atoms with Crippen LogP contribution in [0.3, 0.4) is 0 Å². The molecule has 5 nitrogen and oxygen atoms in total. The first-order valence-corrected chi connectivity index (χ1v) is 9.40. The second-order valence-electron chi connectivity index (χ2n) is 6.00. The lowest BCUT2D eigenvalue weighted by molar-refractivity contribution is 0.436. The van der Waals surface area contributed by atoms with E-state index in [1.807, 2.05) is 26.8 Å². The van der Waals surface area contributed by atoms with Crippen molar-refractivity contribution in [2.75, 3.05) is 31.1 Å². The molecule has 0 radical (unpaired) electrons. The minimum Gasteiger partial charge on any atom is -0.508 e. The molecule has 2 heterocycles. The number of hydrogen-bond donors (Lipinski definition) is 2. The molecule has 0 atom stereocenters. The summed E-state index contributed by atoms with van der Waals surface area (Å²) in [5, 5.41) is 14.6. The quantitative estimate of drug-likeness (QED) is 0.638. The number of aliphatic hydroxyl groups is 1. The summed E-state index contributed by atoms with van der Waals surface area (Å²) in [7, 11) is 0. The molecule has 1 aromatic carbocycles. The predicted octanol–water partition coefficient (Wildman–Crippen LogP) is 4.24. The number of allylic oxidation sites excluding steroid dienone is 3. The maximum Gasteiger partial charge on any atom is 0.165 e. The zero-order valence-electron chi connectivity index (χ0n) is 16.5. The Morgan fingerprint density at radius 2 is 1.81 bits per heavy atom. The van der Waals surface area contributed by atoms with Gasteiger partial charge in [0, 0.05) is 31.6 Å². The van der Waals surface area contributed by atoms with Crippen molar-refractivity contribution < 1.29 is 5.11 Å². The smallest absolute Gasteiger partial charge is 0.165 e. The third-order valence-corrected chi connectivity index (χ3v) is 4.33. The molecule has 140 valence electrons. The van der Waals surface area contributed by atoms with Crippen LogP contribution in [0.4, 0.5) is 5.82 Å². The summed E-state index contributed by atoms with van der Waals surface area (Å²) in [5.74, 6) is 1.72. The summed E-state index contributed by atoms with van der Waals surface area (Å²) in [6, 6.07) is 6.26. The third kappa shape index (κ3) is 4.22. The second-order valence-corrected chi connectivity index (χ2v) is 6.00. The highest BCUT2D eigenvalue weighted by molar-refractivity contribution is 5.92. The van der Waals surface area contributed by atoms with E-state index in [9.17, 15) is 5.11 Å². The normalized spacial score (nSPS) is 15.7. The Kier molecular flexibility index (Phi) is 7.16. The van der Waals surface area contributed by atoms with Gasteiger partial charge in [0.1, 0.15) is 11.6 Å². The van der Waals surface area contributed by atoms with E-state index < -0.39 is 0 Å². The van der Waals surface area contributed by atoms with Gasteiger partial charge in [-0.25, -0.2) is 9.97 Å². The molecular weight excluding hydrogens is 324 g/mol. The number of anilines is 1. The van der Waals surface area contributed by atoms with Gasteiger partial charge in [0.15, 0.2) is 5.82 Å². The molecule has 0 aliphatic carbocycles. The van der Waals surface area contributed by atoms with Gasteiger partial charge < -0.3 is 15.3 Å². The van der Waals surface area contributed by atoms with Gasteiger partial charge in [-0.05, 0) is 44.5 Å². The Morgan fingerprint density at radius 1 is 1.12 bits per heavy atom. The average Bonchev–Trinajstić information content (AvgIpc) is 2.69. The Labute approximate surface area is 156 Å². The Hall–Kier alpha value is -2.40. The largest absolute Gasteiger partial charge is 0.508 e. The fourth-order valence-corrected chi connectivity index (χ4v) is 3.01.